The number of ketones is 1. The van der Waals surface area contributed by atoms with Gasteiger partial charge in [0.1, 0.15) is 0 Å². The number of oxime groups is 1. The van der Waals surface area contributed by atoms with Gasteiger partial charge >= 0.3 is 0 Å². The highest BCUT2D eigenvalue weighted by atomic mass is 16.4. The van der Waals surface area contributed by atoms with Crippen molar-refractivity contribution < 1.29 is 10.0 Å². The molecule has 3 nitrogen and oxygen atoms in total. The predicted octanol–water partition coefficient (Wildman–Crippen LogP) is 5.23. The van der Waals surface area contributed by atoms with Gasteiger partial charge in [-0.15, -0.1) is 5.16 Å². The molecular weight excluding hydrogens is 310 g/mol. The Morgan fingerprint density at radius 2 is 1.96 bits per heavy atom. The Morgan fingerprint density at radius 1 is 1.16 bits per heavy atom. The topological polar surface area (TPSA) is 49.7 Å². The lowest BCUT2D eigenvalue weighted by molar-refractivity contribution is -0.117. The molecule has 0 radical (unpaired) electrons. The van der Waals surface area contributed by atoms with Crippen molar-refractivity contribution in [1.29, 1.82) is 0 Å². The van der Waals surface area contributed by atoms with Gasteiger partial charge in [0.05, 0.1) is 0 Å². The smallest absolute Gasteiger partial charge is 0.155 e. The first-order valence-corrected chi connectivity index (χ1v) is 10.3. The molecule has 4 rings (SSSR count). The molecule has 4 aliphatic rings. The van der Waals surface area contributed by atoms with Gasteiger partial charge in [-0.1, -0.05) is 26.3 Å². The van der Waals surface area contributed by atoms with Crippen molar-refractivity contribution in [3.05, 3.63) is 11.6 Å². The van der Waals surface area contributed by atoms with Crippen LogP contribution in [-0.4, -0.2) is 17.2 Å². The monoisotopic (exact) mass is 343 g/mol. The third-order valence-electron chi connectivity index (χ3n) is 8.97. The van der Waals surface area contributed by atoms with Crippen molar-refractivity contribution in [3.8, 4) is 0 Å². The molecule has 0 bridgehead atoms. The molecule has 0 saturated heterocycles. The van der Waals surface area contributed by atoms with Crippen LogP contribution in [0.5, 0.6) is 0 Å². The first-order chi connectivity index (χ1) is 11.9. The SMILES string of the molecule is C[C@@H](/C=N/O)[C@H]1CC[C@H]2[C@@H]3CCC4=CC(=O)CC[C@]4(C)[C@H]3CC[C@]12C. The van der Waals surface area contributed by atoms with E-state index in [0.717, 1.165) is 37.0 Å². The van der Waals surface area contributed by atoms with Crippen molar-refractivity contribution in [2.45, 2.75) is 72.1 Å². The first-order valence-electron chi connectivity index (χ1n) is 10.3. The lowest BCUT2D eigenvalue weighted by atomic mass is 9.46. The van der Waals surface area contributed by atoms with Gasteiger partial charge < -0.3 is 5.21 Å². The summed E-state index contributed by atoms with van der Waals surface area (Å²) >= 11 is 0. The average molecular weight is 344 g/mol. The van der Waals surface area contributed by atoms with Crippen LogP contribution >= 0.6 is 0 Å². The lowest BCUT2D eigenvalue weighted by Crippen LogP contribution is -2.51. The zero-order valence-corrected chi connectivity index (χ0v) is 16.0. The van der Waals surface area contributed by atoms with Gasteiger partial charge in [-0.05, 0) is 91.4 Å². The van der Waals surface area contributed by atoms with Crippen LogP contribution in [0.2, 0.25) is 0 Å². The fraction of sp³-hybridized carbons (Fsp3) is 0.818. The molecule has 0 amide bonds. The molecule has 0 spiro atoms. The molecule has 7 atom stereocenters. The summed E-state index contributed by atoms with van der Waals surface area (Å²) in [4.78, 5) is 11.9. The number of hydrogen-bond acceptors (Lipinski definition) is 3. The summed E-state index contributed by atoms with van der Waals surface area (Å²) in [6, 6.07) is 0. The number of carbonyl (C=O) groups excluding carboxylic acids is 1. The summed E-state index contributed by atoms with van der Waals surface area (Å²) in [5, 5.41) is 12.3. The summed E-state index contributed by atoms with van der Waals surface area (Å²) in [6.07, 6.45) is 13.2. The van der Waals surface area contributed by atoms with E-state index in [-0.39, 0.29) is 5.41 Å². The highest BCUT2D eigenvalue weighted by molar-refractivity contribution is 5.91. The molecular formula is C22H33NO2. The van der Waals surface area contributed by atoms with Gasteiger partial charge in [0.25, 0.3) is 0 Å². The van der Waals surface area contributed by atoms with Crippen LogP contribution in [0.3, 0.4) is 0 Å². The van der Waals surface area contributed by atoms with E-state index in [1.54, 1.807) is 6.21 Å². The van der Waals surface area contributed by atoms with Crippen LogP contribution in [0.15, 0.2) is 16.8 Å². The van der Waals surface area contributed by atoms with Crippen LogP contribution in [0.25, 0.3) is 0 Å². The second-order valence-electron chi connectivity index (χ2n) is 9.82. The Hall–Kier alpha value is -1.12. The molecule has 3 fully saturated rings. The molecule has 4 aliphatic carbocycles. The largest absolute Gasteiger partial charge is 0.411 e. The van der Waals surface area contributed by atoms with E-state index < -0.39 is 0 Å². The zero-order valence-electron chi connectivity index (χ0n) is 16.0. The maximum absolute atomic E-state index is 11.9. The van der Waals surface area contributed by atoms with Gasteiger partial charge in [0.2, 0.25) is 0 Å². The van der Waals surface area contributed by atoms with E-state index in [4.69, 9.17) is 5.21 Å². The van der Waals surface area contributed by atoms with Crippen molar-refractivity contribution in [1.82, 2.24) is 0 Å². The zero-order chi connectivity index (χ0) is 17.8. The second-order valence-corrected chi connectivity index (χ2v) is 9.82. The number of carbonyl (C=O) groups is 1. The van der Waals surface area contributed by atoms with E-state index in [1.165, 1.54) is 37.7 Å². The van der Waals surface area contributed by atoms with E-state index in [0.29, 0.717) is 23.0 Å². The van der Waals surface area contributed by atoms with Gasteiger partial charge in [-0.2, -0.15) is 0 Å². The molecule has 25 heavy (non-hydrogen) atoms. The number of hydrogen-bond donors (Lipinski definition) is 1. The molecule has 0 unspecified atom stereocenters. The van der Waals surface area contributed by atoms with Crippen LogP contribution < -0.4 is 0 Å². The van der Waals surface area contributed by atoms with E-state index >= 15 is 0 Å². The van der Waals surface area contributed by atoms with Crippen LogP contribution in [0.4, 0.5) is 0 Å². The minimum absolute atomic E-state index is 0.272. The number of allylic oxidation sites excluding steroid dienone is 1. The van der Waals surface area contributed by atoms with Crippen LogP contribution in [0.1, 0.15) is 72.1 Å². The van der Waals surface area contributed by atoms with Gasteiger partial charge in [-0.3, -0.25) is 4.79 Å². The molecule has 0 aliphatic heterocycles. The van der Waals surface area contributed by atoms with E-state index in [2.05, 4.69) is 25.9 Å². The lowest BCUT2D eigenvalue weighted by Gasteiger charge is -2.58. The van der Waals surface area contributed by atoms with Crippen molar-refractivity contribution in [2.75, 3.05) is 0 Å². The predicted molar refractivity (Wildman–Crippen MR) is 99.6 cm³/mol. The molecule has 0 aromatic rings. The van der Waals surface area contributed by atoms with E-state index in [9.17, 15) is 4.79 Å². The Balaban J connectivity index is 1.62. The molecule has 0 aromatic heterocycles. The summed E-state index contributed by atoms with van der Waals surface area (Å²) < 4.78 is 0. The Bertz CT molecular complexity index is 624. The number of fused-ring (bicyclic) bond motifs is 5. The van der Waals surface area contributed by atoms with Gasteiger partial charge in [-0.25, -0.2) is 0 Å². The Kier molecular flexibility index (Phi) is 4.12. The fourth-order valence-electron chi connectivity index (χ4n) is 7.67. The summed E-state index contributed by atoms with van der Waals surface area (Å²) in [6.45, 7) is 7.20. The molecule has 0 aromatic carbocycles. The first kappa shape index (κ1) is 17.3. The van der Waals surface area contributed by atoms with Crippen molar-refractivity contribution >= 4 is 12.0 Å². The third kappa shape index (κ3) is 2.44. The summed E-state index contributed by atoms with van der Waals surface area (Å²) in [7, 11) is 0. The minimum atomic E-state index is 0.272. The van der Waals surface area contributed by atoms with Gasteiger partial charge in [0, 0.05) is 12.6 Å². The van der Waals surface area contributed by atoms with Crippen molar-refractivity contribution in [2.24, 2.45) is 45.6 Å². The highest BCUT2D eigenvalue weighted by Crippen LogP contribution is 2.67. The van der Waals surface area contributed by atoms with E-state index in [1.807, 2.05) is 6.08 Å². The molecule has 3 saturated carbocycles. The maximum Gasteiger partial charge on any atom is 0.155 e. The Labute approximate surface area is 151 Å². The van der Waals surface area contributed by atoms with Crippen LogP contribution in [0, 0.1) is 40.4 Å². The number of nitrogens with zero attached hydrogens (tertiary/aromatic N) is 1. The molecule has 138 valence electrons. The maximum atomic E-state index is 11.9. The third-order valence-corrected chi connectivity index (χ3v) is 8.97. The number of rotatable bonds is 2. The summed E-state index contributed by atoms with van der Waals surface area (Å²) in [5.41, 5.74) is 2.13. The van der Waals surface area contributed by atoms with Crippen LogP contribution in [-0.2, 0) is 4.79 Å². The molecule has 0 heterocycles. The average Bonchev–Trinajstić information content (AvgIpc) is 2.93. The molecule has 1 N–H and O–H groups in total. The fourth-order valence-corrected chi connectivity index (χ4v) is 7.67. The molecule has 3 heteroatoms. The normalized spacial score (nSPS) is 47.8. The van der Waals surface area contributed by atoms with Gasteiger partial charge in [0.15, 0.2) is 5.78 Å². The quantitative estimate of drug-likeness (QED) is 0.424. The second kappa shape index (κ2) is 5.96. The Morgan fingerprint density at radius 3 is 2.72 bits per heavy atom. The summed E-state index contributed by atoms with van der Waals surface area (Å²) in [5.74, 6) is 3.74. The minimum Gasteiger partial charge on any atom is -0.411 e. The van der Waals surface area contributed by atoms with Crippen molar-refractivity contribution in [3.63, 3.8) is 0 Å². The standard InChI is InChI=1S/C22H33NO2/c1-14(13-23-25)18-6-7-19-17-5-4-15-12-16(24)8-10-21(15,2)20(17)9-11-22(18,19)3/h12-14,17-20,25H,4-11H2,1-3H3/b23-13+/t14-,17-,18+,19-,20-,21-,22+/m0/s1. The highest BCUT2D eigenvalue weighted by Gasteiger charge is 2.59.